The molecular weight excluding hydrogens is 238 g/mol. The maximum absolute atomic E-state index is 10.5. The van der Waals surface area contributed by atoms with Gasteiger partial charge < -0.3 is 15.2 Å². The van der Waals surface area contributed by atoms with E-state index in [9.17, 15) is 5.11 Å². The molecule has 2 N–H and O–H groups in total. The van der Waals surface area contributed by atoms with Gasteiger partial charge >= 0.3 is 0 Å². The lowest BCUT2D eigenvalue weighted by Crippen LogP contribution is -2.46. The van der Waals surface area contributed by atoms with Crippen molar-refractivity contribution in [3.8, 4) is 5.75 Å². The molecule has 3 nitrogen and oxygen atoms in total. The van der Waals surface area contributed by atoms with Crippen molar-refractivity contribution in [3.05, 3.63) is 29.8 Å². The lowest BCUT2D eigenvalue weighted by atomic mass is 9.93. The number of hydrogen-bond acceptors (Lipinski definition) is 3. The van der Waals surface area contributed by atoms with Crippen molar-refractivity contribution in [1.29, 1.82) is 0 Å². The van der Waals surface area contributed by atoms with Gasteiger partial charge in [0.15, 0.2) is 0 Å². The third-order valence-electron chi connectivity index (χ3n) is 4.09. The quantitative estimate of drug-likeness (QED) is 0.858. The highest BCUT2D eigenvalue weighted by molar-refractivity contribution is 5.35. The molecule has 0 radical (unpaired) electrons. The second kappa shape index (κ2) is 6.40. The number of nitrogens with one attached hydrogen (secondary N) is 1. The van der Waals surface area contributed by atoms with Gasteiger partial charge in [0.2, 0.25) is 0 Å². The molecule has 1 saturated heterocycles. The van der Waals surface area contributed by atoms with Crippen LogP contribution < -0.4 is 10.1 Å². The molecule has 1 aromatic carbocycles. The van der Waals surface area contributed by atoms with Crippen LogP contribution in [-0.4, -0.2) is 30.4 Å². The Hall–Kier alpha value is -1.06. The standard InChI is InChI=1S/C16H25NO2/c1-3-13(2)14-6-4-5-7-15(14)19-12-16(18)8-10-17-11-9-16/h4-7,13,17-18H,3,8-12H2,1-2H3. The summed E-state index contributed by atoms with van der Waals surface area (Å²) < 4.78 is 5.92. The number of hydrogen-bond donors (Lipinski definition) is 2. The van der Waals surface area contributed by atoms with Crippen molar-refractivity contribution in [2.45, 2.75) is 44.6 Å². The lowest BCUT2D eigenvalue weighted by Gasteiger charge is -2.32. The molecule has 106 valence electrons. The number of rotatable bonds is 5. The van der Waals surface area contributed by atoms with Crippen molar-refractivity contribution >= 4 is 0 Å². The minimum absolute atomic E-state index is 0.391. The normalized spacial score (nSPS) is 19.9. The predicted molar refractivity (Wildman–Crippen MR) is 77.7 cm³/mol. The Bertz CT molecular complexity index is 399. The van der Waals surface area contributed by atoms with Crippen LogP contribution in [0, 0.1) is 0 Å². The number of para-hydroxylation sites is 1. The topological polar surface area (TPSA) is 41.5 Å². The third-order valence-corrected chi connectivity index (χ3v) is 4.09. The van der Waals surface area contributed by atoms with Gasteiger partial charge in [-0.3, -0.25) is 0 Å². The Morgan fingerprint density at radius 2 is 2.00 bits per heavy atom. The van der Waals surface area contributed by atoms with Crippen molar-refractivity contribution in [1.82, 2.24) is 5.32 Å². The summed E-state index contributed by atoms with van der Waals surface area (Å²) >= 11 is 0. The van der Waals surface area contributed by atoms with E-state index >= 15 is 0 Å². The third kappa shape index (κ3) is 3.71. The van der Waals surface area contributed by atoms with Crippen molar-refractivity contribution < 1.29 is 9.84 Å². The molecular formula is C16H25NO2. The zero-order chi connectivity index (χ0) is 13.7. The molecule has 0 aliphatic carbocycles. The number of aliphatic hydroxyl groups is 1. The Morgan fingerprint density at radius 3 is 2.68 bits per heavy atom. The van der Waals surface area contributed by atoms with Crippen molar-refractivity contribution in [3.63, 3.8) is 0 Å². The summed E-state index contributed by atoms with van der Waals surface area (Å²) in [5.74, 6) is 1.41. The Labute approximate surface area is 116 Å². The highest BCUT2D eigenvalue weighted by Crippen LogP contribution is 2.29. The highest BCUT2D eigenvalue weighted by atomic mass is 16.5. The van der Waals surface area contributed by atoms with Crippen LogP contribution in [0.3, 0.4) is 0 Å². The summed E-state index contributed by atoms with van der Waals surface area (Å²) in [5.41, 5.74) is 0.566. The molecule has 0 amide bonds. The van der Waals surface area contributed by atoms with Gasteiger partial charge in [-0.1, -0.05) is 32.0 Å². The van der Waals surface area contributed by atoms with Gasteiger partial charge in [0, 0.05) is 0 Å². The SMILES string of the molecule is CCC(C)c1ccccc1OCC1(O)CCNCC1. The zero-order valence-corrected chi connectivity index (χ0v) is 12.0. The molecule has 2 rings (SSSR count). The first-order valence-electron chi connectivity index (χ1n) is 7.29. The fourth-order valence-electron chi connectivity index (χ4n) is 2.49. The Balaban J connectivity index is 2.02. The Kier molecular flexibility index (Phi) is 4.83. The summed E-state index contributed by atoms with van der Waals surface area (Å²) in [5, 5.41) is 13.7. The minimum atomic E-state index is -0.673. The molecule has 1 fully saturated rings. The average Bonchev–Trinajstić information content (AvgIpc) is 2.45. The van der Waals surface area contributed by atoms with Crippen LogP contribution in [-0.2, 0) is 0 Å². The Morgan fingerprint density at radius 1 is 1.32 bits per heavy atom. The van der Waals surface area contributed by atoms with Gasteiger partial charge in [-0.15, -0.1) is 0 Å². The van der Waals surface area contributed by atoms with Crippen LogP contribution in [0.5, 0.6) is 5.75 Å². The molecule has 1 heterocycles. The monoisotopic (exact) mass is 263 g/mol. The summed E-state index contributed by atoms with van der Waals surface area (Å²) in [4.78, 5) is 0. The van der Waals surface area contributed by atoms with E-state index in [1.54, 1.807) is 0 Å². The van der Waals surface area contributed by atoms with E-state index < -0.39 is 5.60 Å². The van der Waals surface area contributed by atoms with Gasteiger partial charge in [0.05, 0.1) is 0 Å². The van der Waals surface area contributed by atoms with Crippen molar-refractivity contribution in [2.24, 2.45) is 0 Å². The van der Waals surface area contributed by atoms with E-state index in [4.69, 9.17) is 4.74 Å². The highest BCUT2D eigenvalue weighted by Gasteiger charge is 2.30. The zero-order valence-electron chi connectivity index (χ0n) is 12.0. The van der Waals surface area contributed by atoms with Gasteiger partial charge in [-0.05, 0) is 49.9 Å². The summed E-state index contributed by atoms with van der Waals surface area (Å²) in [6.07, 6.45) is 2.62. The second-order valence-corrected chi connectivity index (χ2v) is 5.61. The van der Waals surface area contributed by atoms with E-state index in [0.717, 1.165) is 38.1 Å². The van der Waals surface area contributed by atoms with Crippen molar-refractivity contribution in [2.75, 3.05) is 19.7 Å². The minimum Gasteiger partial charge on any atom is -0.490 e. The fourth-order valence-corrected chi connectivity index (χ4v) is 2.49. The number of piperidine rings is 1. The van der Waals surface area contributed by atoms with E-state index in [-0.39, 0.29) is 0 Å². The second-order valence-electron chi connectivity index (χ2n) is 5.61. The first kappa shape index (κ1) is 14.4. The molecule has 0 spiro atoms. The molecule has 1 aromatic rings. The van der Waals surface area contributed by atoms with Crippen LogP contribution in [0.2, 0.25) is 0 Å². The van der Waals surface area contributed by atoms with Gasteiger partial charge in [-0.25, -0.2) is 0 Å². The van der Waals surface area contributed by atoms with E-state index in [2.05, 4.69) is 25.2 Å². The number of benzene rings is 1. The summed E-state index contributed by atoms with van der Waals surface area (Å²) in [6.45, 7) is 6.52. The maximum Gasteiger partial charge on any atom is 0.122 e. The maximum atomic E-state index is 10.5. The molecule has 0 saturated carbocycles. The van der Waals surface area contributed by atoms with E-state index in [0.29, 0.717) is 12.5 Å². The van der Waals surface area contributed by atoms with Crippen LogP contribution in [0.25, 0.3) is 0 Å². The fraction of sp³-hybridized carbons (Fsp3) is 0.625. The lowest BCUT2D eigenvalue weighted by molar-refractivity contribution is -0.0288. The average molecular weight is 263 g/mol. The molecule has 0 aromatic heterocycles. The van der Waals surface area contributed by atoms with Gasteiger partial charge in [0.25, 0.3) is 0 Å². The first-order chi connectivity index (χ1) is 9.14. The smallest absolute Gasteiger partial charge is 0.122 e. The van der Waals surface area contributed by atoms with Crippen LogP contribution in [0.1, 0.15) is 44.6 Å². The van der Waals surface area contributed by atoms with Crippen LogP contribution >= 0.6 is 0 Å². The van der Waals surface area contributed by atoms with Crippen LogP contribution in [0.4, 0.5) is 0 Å². The summed E-state index contributed by atoms with van der Waals surface area (Å²) in [7, 11) is 0. The van der Waals surface area contributed by atoms with E-state index in [1.165, 1.54) is 5.56 Å². The molecule has 3 heteroatoms. The van der Waals surface area contributed by atoms with Gasteiger partial charge in [0.1, 0.15) is 18.0 Å². The van der Waals surface area contributed by atoms with E-state index in [1.807, 2.05) is 18.2 Å². The molecule has 1 atom stereocenters. The largest absolute Gasteiger partial charge is 0.490 e. The van der Waals surface area contributed by atoms with Gasteiger partial charge in [-0.2, -0.15) is 0 Å². The first-order valence-corrected chi connectivity index (χ1v) is 7.29. The predicted octanol–water partition coefficient (Wildman–Crippen LogP) is 2.69. The molecule has 1 aliphatic heterocycles. The molecule has 19 heavy (non-hydrogen) atoms. The summed E-state index contributed by atoms with van der Waals surface area (Å²) in [6, 6.07) is 8.17. The molecule has 0 bridgehead atoms. The number of ether oxygens (including phenoxy) is 1. The van der Waals surface area contributed by atoms with Crippen LogP contribution in [0.15, 0.2) is 24.3 Å². The molecule has 1 unspecified atom stereocenters. The molecule has 1 aliphatic rings.